The van der Waals surface area contributed by atoms with Crippen LogP contribution in [0.15, 0.2) is 34.3 Å². The Morgan fingerprint density at radius 3 is 2.46 bits per heavy atom. The molecule has 2 unspecified atom stereocenters. The van der Waals surface area contributed by atoms with E-state index >= 15 is 0 Å². The van der Waals surface area contributed by atoms with Gasteiger partial charge in [0.25, 0.3) is 0 Å². The average molecular weight is 356 g/mol. The van der Waals surface area contributed by atoms with Gasteiger partial charge in [-0.25, -0.2) is 9.79 Å². The van der Waals surface area contributed by atoms with E-state index in [9.17, 15) is 9.59 Å². The summed E-state index contributed by atoms with van der Waals surface area (Å²) in [7, 11) is 0. The van der Waals surface area contributed by atoms with Crippen molar-refractivity contribution in [1.82, 2.24) is 0 Å². The van der Waals surface area contributed by atoms with Gasteiger partial charge < -0.3 is 9.47 Å². The molecule has 2 heterocycles. The highest BCUT2D eigenvalue weighted by Gasteiger charge is 2.27. The van der Waals surface area contributed by atoms with Crippen molar-refractivity contribution in [2.24, 2.45) is 9.98 Å². The van der Waals surface area contributed by atoms with Crippen molar-refractivity contribution in [2.45, 2.75) is 58.2 Å². The maximum Gasteiger partial charge on any atom is 0.330 e. The molecule has 0 amide bonds. The number of benzene rings is 1. The first-order valence-electron chi connectivity index (χ1n) is 9.21. The molecule has 2 atom stereocenters. The lowest BCUT2D eigenvalue weighted by atomic mass is 10.0. The molecule has 0 fully saturated rings. The maximum absolute atomic E-state index is 11.9. The minimum absolute atomic E-state index is 0.223. The van der Waals surface area contributed by atoms with Gasteiger partial charge in [-0.1, -0.05) is 25.1 Å². The molecule has 0 spiro atoms. The molecule has 2 aliphatic rings. The zero-order chi connectivity index (χ0) is 18.5. The SMILES string of the molecule is CCOC(=O)C1CCC(c2cccc(C3=NC(OC(=O)CC)CC3)c2)=N1. The molecule has 0 radical (unpaired) electrons. The first-order valence-corrected chi connectivity index (χ1v) is 9.21. The van der Waals surface area contributed by atoms with Crippen LogP contribution in [0.25, 0.3) is 0 Å². The Hall–Kier alpha value is -2.50. The smallest absolute Gasteiger partial charge is 0.330 e. The van der Waals surface area contributed by atoms with E-state index in [0.717, 1.165) is 41.8 Å². The highest BCUT2D eigenvalue weighted by atomic mass is 16.6. The Balaban J connectivity index is 1.73. The molecule has 1 aromatic rings. The molecular weight excluding hydrogens is 332 g/mol. The Morgan fingerprint density at radius 2 is 1.77 bits per heavy atom. The predicted octanol–water partition coefficient (Wildman–Crippen LogP) is 3.06. The molecule has 0 N–H and O–H groups in total. The number of hydrogen-bond donors (Lipinski definition) is 0. The molecule has 1 aromatic carbocycles. The van der Waals surface area contributed by atoms with Gasteiger partial charge in [0.1, 0.15) is 6.04 Å². The molecule has 6 nitrogen and oxygen atoms in total. The Bertz CT molecular complexity index is 754. The van der Waals surface area contributed by atoms with E-state index in [0.29, 0.717) is 19.4 Å². The van der Waals surface area contributed by atoms with Crippen molar-refractivity contribution in [3.8, 4) is 0 Å². The normalized spacial score (nSPS) is 21.9. The Kier molecular flexibility index (Phi) is 5.81. The van der Waals surface area contributed by atoms with Gasteiger partial charge in [-0.15, -0.1) is 0 Å². The largest absolute Gasteiger partial charge is 0.464 e. The number of aliphatic imine (C=N–C) groups is 2. The van der Waals surface area contributed by atoms with Gasteiger partial charge in [0.15, 0.2) is 6.23 Å². The zero-order valence-electron chi connectivity index (χ0n) is 15.2. The Morgan fingerprint density at radius 1 is 1.08 bits per heavy atom. The third-order valence-corrected chi connectivity index (χ3v) is 4.54. The third kappa shape index (κ3) is 4.18. The van der Waals surface area contributed by atoms with E-state index in [1.54, 1.807) is 13.8 Å². The van der Waals surface area contributed by atoms with Crippen LogP contribution in [0.3, 0.4) is 0 Å². The minimum Gasteiger partial charge on any atom is -0.464 e. The standard InChI is InChI=1S/C20H24N2O4/c1-3-19(23)26-18-11-10-16(22-18)14-7-5-6-13(12-14)15-8-9-17(21-15)20(24)25-4-2/h5-7,12,17-18H,3-4,8-11H2,1-2H3. The lowest BCUT2D eigenvalue weighted by Gasteiger charge is -2.07. The number of hydrogen-bond acceptors (Lipinski definition) is 6. The number of nitrogens with zero attached hydrogens (tertiary/aromatic N) is 2. The summed E-state index contributed by atoms with van der Waals surface area (Å²) in [6.07, 6.45) is 2.93. The topological polar surface area (TPSA) is 77.3 Å². The van der Waals surface area contributed by atoms with Crippen LogP contribution in [0, 0.1) is 0 Å². The minimum atomic E-state index is -0.393. The van der Waals surface area contributed by atoms with Crippen molar-refractivity contribution in [1.29, 1.82) is 0 Å². The molecule has 0 saturated carbocycles. The quantitative estimate of drug-likeness (QED) is 0.734. The van der Waals surface area contributed by atoms with Gasteiger partial charge in [0.05, 0.1) is 6.61 Å². The molecule has 6 heteroatoms. The fourth-order valence-corrected chi connectivity index (χ4v) is 3.20. The predicted molar refractivity (Wildman–Crippen MR) is 98.6 cm³/mol. The first kappa shape index (κ1) is 18.3. The number of carbonyl (C=O) groups is 2. The molecule has 0 saturated heterocycles. The molecule has 0 aromatic heterocycles. The second-order valence-electron chi connectivity index (χ2n) is 6.38. The molecule has 0 aliphatic carbocycles. The Labute approximate surface area is 153 Å². The van der Waals surface area contributed by atoms with Gasteiger partial charge in [0.2, 0.25) is 0 Å². The number of rotatable bonds is 6. The van der Waals surface area contributed by atoms with E-state index in [-0.39, 0.29) is 18.2 Å². The second-order valence-corrected chi connectivity index (χ2v) is 6.38. The lowest BCUT2D eigenvalue weighted by molar-refractivity contribution is -0.148. The summed E-state index contributed by atoms with van der Waals surface area (Å²) in [6.45, 7) is 3.95. The van der Waals surface area contributed by atoms with E-state index in [4.69, 9.17) is 9.47 Å². The van der Waals surface area contributed by atoms with E-state index in [1.165, 1.54) is 0 Å². The third-order valence-electron chi connectivity index (χ3n) is 4.54. The fraction of sp³-hybridized carbons (Fsp3) is 0.500. The summed E-state index contributed by atoms with van der Waals surface area (Å²) in [6, 6.07) is 7.63. The summed E-state index contributed by atoms with van der Waals surface area (Å²) in [5.41, 5.74) is 3.89. The zero-order valence-corrected chi connectivity index (χ0v) is 15.2. The van der Waals surface area contributed by atoms with Crippen LogP contribution in [0.1, 0.15) is 57.1 Å². The van der Waals surface area contributed by atoms with E-state index < -0.39 is 6.04 Å². The molecular formula is C20H24N2O4. The summed E-state index contributed by atoms with van der Waals surface area (Å²) < 4.78 is 10.4. The number of carbonyl (C=O) groups excluding carboxylic acids is 2. The fourth-order valence-electron chi connectivity index (χ4n) is 3.20. The van der Waals surface area contributed by atoms with Crippen LogP contribution in [0.4, 0.5) is 0 Å². The van der Waals surface area contributed by atoms with Crippen LogP contribution >= 0.6 is 0 Å². The molecule has 2 aliphatic heterocycles. The van der Waals surface area contributed by atoms with Gasteiger partial charge >= 0.3 is 11.9 Å². The van der Waals surface area contributed by atoms with Crippen molar-refractivity contribution < 1.29 is 19.1 Å². The van der Waals surface area contributed by atoms with Gasteiger partial charge in [-0.2, -0.15) is 0 Å². The van der Waals surface area contributed by atoms with Crippen LogP contribution in [0.5, 0.6) is 0 Å². The van der Waals surface area contributed by atoms with Crippen molar-refractivity contribution in [3.05, 3.63) is 35.4 Å². The summed E-state index contributed by atoms with van der Waals surface area (Å²) >= 11 is 0. The first-order chi connectivity index (χ1) is 12.6. The number of esters is 2. The molecule has 26 heavy (non-hydrogen) atoms. The monoisotopic (exact) mass is 356 g/mol. The van der Waals surface area contributed by atoms with E-state index in [2.05, 4.69) is 16.1 Å². The van der Waals surface area contributed by atoms with Crippen LogP contribution in [-0.4, -0.2) is 42.2 Å². The summed E-state index contributed by atoms with van der Waals surface area (Å²) in [5.74, 6) is -0.474. The highest BCUT2D eigenvalue weighted by Crippen LogP contribution is 2.24. The van der Waals surface area contributed by atoms with E-state index in [1.807, 2.05) is 18.2 Å². The maximum atomic E-state index is 11.9. The van der Waals surface area contributed by atoms with Crippen LogP contribution in [-0.2, 0) is 19.1 Å². The summed E-state index contributed by atoms with van der Waals surface area (Å²) in [4.78, 5) is 32.4. The van der Waals surface area contributed by atoms with Crippen LogP contribution in [0.2, 0.25) is 0 Å². The van der Waals surface area contributed by atoms with Crippen LogP contribution < -0.4 is 0 Å². The molecule has 0 bridgehead atoms. The van der Waals surface area contributed by atoms with Gasteiger partial charge in [-0.05, 0) is 43.4 Å². The molecule has 3 rings (SSSR count). The van der Waals surface area contributed by atoms with Crippen molar-refractivity contribution in [2.75, 3.05) is 6.61 Å². The van der Waals surface area contributed by atoms with Crippen molar-refractivity contribution >= 4 is 23.4 Å². The summed E-state index contributed by atoms with van der Waals surface area (Å²) in [5, 5.41) is 0. The van der Waals surface area contributed by atoms with Crippen molar-refractivity contribution in [3.63, 3.8) is 0 Å². The lowest BCUT2D eigenvalue weighted by Crippen LogP contribution is -2.18. The number of ether oxygens (including phenoxy) is 2. The average Bonchev–Trinajstić information content (AvgIpc) is 3.32. The van der Waals surface area contributed by atoms with Gasteiger partial charge in [0, 0.05) is 24.3 Å². The van der Waals surface area contributed by atoms with Gasteiger partial charge in [-0.3, -0.25) is 9.79 Å². The highest BCUT2D eigenvalue weighted by molar-refractivity contribution is 6.07. The molecule has 138 valence electrons. The second kappa shape index (κ2) is 8.25.